The summed E-state index contributed by atoms with van der Waals surface area (Å²) >= 11 is 0. The number of hydrogen-bond acceptors (Lipinski definition) is 2. The van der Waals surface area contributed by atoms with E-state index >= 15 is 0 Å². The fraction of sp³-hybridized carbons (Fsp3) is 0.538. The van der Waals surface area contributed by atoms with E-state index in [-0.39, 0.29) is 0 Å². The quantitative estimate of drug-likeness (QED) is 0.400. The summed E-state index contributed by atoms with van der Waals surface area (Å²) < 4.78 is 0. The Morgan fingerprint density at radius 2 is 1.87 bits per heavy atom. The first-order valence-electron chi connectivity index (χ1n) is 5.56. The van der Waals surface area contributed by atoms with Gasteiger partial charge in [-0.2, -0.15) is 0 Å². The van der Waals surface area contributed by atoms with Gasteiger partial charge in [-0.1, -0.05) is 42.7 Å². The van der Waals surface area contributed by atoms with Gasteiger partial charge in [0.1, 0.15) is 0 Å². The molecule has 0 spiro atoms. The maximum atomic E-state index is 5.33. The number of hydrogen-bond donors (Lipinski definition) is 2. The van der Waals surface area contributed by atoms with Gasteiger partial charge in [0.15, 0.2) is 0 Å². The van der Waals surface area contributed by atoms with Gasteiger partial charge in [0.25, 0.3) is 0 Å². The van der Waals surface area contributed by atoms with Crippen LogP contribution in [0.4, 0.5) is 0 Å². The van der Waals surface area contributed by atoms with E-state index in [0.717, 1.165) is 13.0 Å². The molecule has 0 radical (unpaired) electrons. The molecule has 0 aliphatic rings. The molecule has 0 unspecified atom stereocenters. The zero-order chi connectivity index (χ0) is 11.7. The Kier molecular flexibility index (Phi) is 7.96. The van der Waals surface area contributed by atoms with Crippen LogP contribution in [0.1, 0.15) is 40.5 Å². The summed E-state index contributed by atoms with van der Waals surface area (Å²) in [4.78, 5) is 0. The molecule has 15 heavy (non-hydrogen) atoms. The number of unbranched alkanes of at least 4 members (excludes halogenated alkanes) is 1. The van der Waals surface area contributed by atoms with Gasteiger partial charge < -0.3 is 0 Å². The Bertz CT molecular complexity index is 256. The molecule has 0 amide bonds. The zero-order valence-corrected chi connectivity index (χ0v) is 10.4. The van der Waals surface area contributed by atoms with Crippen molar-refractivity contribution in [3.63, 3.8) is 0 Å². The summed E-state index contributed by atoms with van der Waals surface area (Å²) in [5.74, 6) is 5.33. The highest BCUT2D eigenvalue weighted by Gasteiger charge is 1.91. The van der Waals surface area contributed by atoms with Gasteiger partial charge in [0.05, 0.1) is 0 Å². The van der Waals surface area contributed by atoms with Gasteiger partial charge in [-0.3, -0.25) is 11.3 Å². The molecule has 0 bridgehead atoms. The van der Waals surface area contributed by atoms with E-state index < -0.39 is 0 Å². The zero-order valence-electron chi connectivity index (χ0n) is 10.4. The number of nitrogens with two attached hydrogens (primary N) is 1. The molecule has 0 aliphatic heterocycles. The third kappa shape index (κ3) is 7.11. The Morgan fingerprint density at radius 3 is 2.33 bits per heavy atom. The molecule has 0 aromatic carbocycles. The van der Waals surface area contributed by atoms with E-state index in [0.29, 0.717) is 0 Å². The van der Waals surface area contributed by atoms with Gasteiger partial charge in [-0.05, 0) is 32.8 Å². The molecule has 0 saturated heterocycles. The summed E-state index contributed by atoms with van der Waals surface area (Å²) in [5, 5.41) is 0. The van der Waals surface area contributed by atoms with Crippen LogP contribution >= 0.6 is 0 Å². The molecule has 0 rings (SSSR count). The topological polar surface area (TPSA) is 38.0 Å². The lowest BCUT2D eigenvalue weighted by molar-refractivity contribution is 0.799. The molecule has 3 N–H and O–H groups in total. The van der Waals surface area contributed by atoms with Crippen LogP contribution in [0.25, 0.3) is 0 Å². The van der Waals surface area contributed by atoms with Crippen LogP contribution in [0.5, 0.6) is 0 Å². The van der Waals surface area contributed by atoms with E-state index in [1.165, 1.54) is 23.1 Å². The smallest absolute Gasteiger partial charge is 0.0345 e. The van der Waals surface area contributed by atoms with Crippen LogP contribution in [0.2, 0.25) is 0 Å². The van der Waals surface area contributed by atoms with Crippen molar-refractivity contribution in [1.29, 1.82) is 0 Å². The van der Waals surface area contributed by atoms with E-state index in [4.69, 9.17) is 5.84 Å². The van der Waals surface area contributed by atoms with Crippen LogP contribution in [0, 0.1) is 0 Å². The molecule has 0 aromatic rings. The summed E-state index contributed by atoms with van der Waals surface area (Å²) in [7, 11) is 0. The van der Waals surface area contributed by atoms with E-state index in [2.05, 4.69) is 51.3 Å². The largest absolute Gasteiger partial charge is 0.271 e. The molecule has 2 nitrogen and oxygen atoms in total. The fourth-order valence-corrected chi connectivity index (χ4v) is 1.05. The van der Waals surface area contributed by atoms with Crippen molar-refractivity contribution < 1.29 is 0 Å². The van der Waals surface area contributed by atoms with Crippen molar-refractivity contribution in [1.82, 2.24) is 5.43 Å². The van der Waals surface area contributed by atoms with Crippen molar-refractivity contribution in [2.24, 2.45) is 5.84 Å². The molecule has 0 aromatic heterocycles. The van der Waals surface area contributed by atoms with Gasteiger partial charge in [0, 0.05) is 6.54 Å². The van der Waals surface area contributed by atoms with Gasteiger partial charge in [-0.15, -0.1) is 0 Å². The number of rotatable bonds is 6. The minimum absolute atomic E-state index is 0.729. The average Bonchev–Trinajstić information content (AvgIpc) is 2.21. The standard InChI is InChI=1S/C13H24N2/c1-5-6-7-13(10-15-14)9-8-12(4)11(2)3/h7-9,15H,5-6,10,14H2,1-4H3/b9-8-,13-7-. The number of hydrazine groups is 1. The Balaban J connectivity index is 4.47. The second kappa shape index (κ2) is 8.45. The molecule has 86 valence electrons. The second-order valence-electron chi connectivity index (χ2n) is 3.96. The highest BCUT2D eigenvalue weighted by atomic mass is 15.2. The van der Waals surface area contributed by atoms with Crippen molar-refractivity contribution in [2.45, 2.75) is 40.5 Å². The van der Waals surface area contributed by atoms with Crippen molar-refractivity contribution in [2.75, 3.05) is 6.54 Å². The van der Waals surface area contributed by atoms with Crippen LogP contribution in [0.15, 0.2) is 34.9 Å². The molecule has 0 heterocycles. The monoisotopic (exact) mass is 208 g/mol. The summed E-state index contributed by atoms with van der Waals surface area (Å²) in [6, 6.07) is 0. The van der Waals surface area contributed by atoms with E-state index in [1.807, 2.05) is 0 Å². The first kappa shape index (κ1) is 14.1. The first-order chi connectivity index (χ1) is 7.11. The molecule has 0 saturated carbocycles. The minimum Gasteiger partial charge on any atom is -0.271 e. The van der Waals surface area contributed by atoms with Gasteiger partial charge in [0.2, 0.25) is 0 Å². The Hall–Kier alpha value is -0.860. The third-order valence-electron chi connectivity index (χ3n) is 2.34. The minimum atomic E-state index is 0.729. The average molecular weight is 208 g/mol. The normalized spacial score (nSPS) is 12.2. The van der Waals surface area contributed by atoms with Gasteiger partial charge in [-0.25, -0.2) is 0 Å². The predicted molar refractivity (Wildman–Crippen MR) is 68.4 cm³/mol. The maximum Gasteiger partial charge on any atom is 0.0345 e. The van der Waals surface area contributed by atoms with Crippen LogP contribution in [0.3, 0.4) is 0 Å². The summed E-state index contributed by atoms with van der Waals surface area (Å²) in [6.45, 7) is 9.27. The van der Waals surface area contributed by atoms with Gasteiger partial charge >= 0.3 is 0 Å². The Labute approximate surface area is 93.9 Å². The highest BCUT2D eigenvalue weighted by molar-refractivity contribution is 5.29. The number of allylic oxidation sites excluding steroid dienone is 4. The van der Waals surface area contributed by atoms with E-state index in [9.17, 15) is 0 Å². The first-order valence-corrected chi connectivity index (χ1v) is 5.56. The predicted octanol–water partition coefficient (Wildman–Crippen LogP) is 3.09. The third-order valence-corrected chi connectivity index (χ3v) is 2.34. The number of nitrogens with one attached hydrogen (secondary N) is 1. The Morgan fingerprint density at radius 1 is 1.20 bits per heavy atom. The van der Waals surface area contributed by atoms with Crippen molar-refractivity contribution in [3.8, 4) is 0 Å². The van der Waals surface area contributed by atoms with Crippen molar-refractivity contribution >= 4 is 0 Å². The molecule has 0 atom stereocenters. The van der Waals surface area contributed by atoms with E-state index in [1.54, 1.807) is 0 Å². The molecule has 0 aliphatic carbocycles. The van der Waals surface area contributed by atoms with Crippen LogP contribution in [-0.2, 0) is 0 Å². The highest BCUT2D eigenvalue weighted by Crippen LogP contribution is 2.07. The summed E-state index contributed by atoms with van der Waals surface area (Å²) in [5.41, 5.74) is 6.61. The molecule has 0 fully saturated rings. The molecular formula is C13H24N2. The SMILES string of the molecule is CCC/C=C(/C=C\C(C)=C(C)C)CNN. The van der Waals surface area contributed by atoms with Crippen molar-refractivity contribution in [3.05, 3.63) is 34.9 Å². The lowest BCUT2D eigenvalue weighted by atomic mass is 10.1. The molecule has 2 heteroatoms. The summed E-state index contributed by atoms with van der Waals surface area (Å²) in [6.07, 6.45) is 8.79. The van der Waals surface area contributed by atoms with Crippen LogP contribution < -0.4 is 11.3 Å². The van der Waals surface area contributed by atoms with Crippen LogP contribution in [-0.4, -0.2) is 6.54 Å². The lowest BCUT2D eigenvalue weighted by Crippen LogP contribution is -2.23. The maximum absolute atomic E-state index is 5.33. The fourth-order valence-electron chi connectivity index (χ4n) is 1.05. The lowest BCUT2D eigenvalue weighted by Gasteiger charge is -2.02. The second-order valence-corrected chi connectivity index (χ2v) is 3.96. The molecular weight excluding hydrogens is 184 g/mol.